The van der Waals surface area contributed by atoms with E-state index in [9.17, 15) is 22.0 Å². The molecule has 168 valence electrons. The minimum absolute atomic E-state index is 0.0700. The van der Waals surface area contributed by atoms with Crippen LogP contribution in [0, 0.1) is 23.0 Å². The average Bonchev–Trinajstić information content (AvgIpc) is 2.73. The molecule has 0 saturated carbocycles. The van der Waals surface area contributed by atoms with E-state index in [1.54, 1.807) is 6.92 Å². The van der Waals surface area contributed by atoms with Crippen LogP contribution in [0.2, 0.25) is 0 Å². The van der Waals surface area contributed by atoms with Crippen molar-refractivity contribution in [3.05, 3.63) is 35.4 Å². The molecule has 30 heavy (non-hydrogen) atoms. The van der Waals surface area contributed by atoms with Gasteiger partial charge < -0.3 is 10.1 Å². The lowest BCUT2D eigenvalue weighted by molar-refractivity contribution is 0.0334. The lowest BCUT2D eigenvalue weighted by Gasteiger charge is -2.43. The Hall–Kier alpha value is -1.58. The van der Waals surface area contributed by atoms with E-state index in [1.807, 2.05) is 0 Å². The predicted molar refractivity (Wildman–Crippen MR) is 110 cm³/mol. The molecule has 2 fully saturated rings. The molecule has 2 aliphatic rings. The summed E-state index contributed by atoms with van der Waals surface area (Å²) >= 11 is 0. The van der Waals surface area contributed by atoms with Gasteiger partial charge >= 0.3 is 0 Å². The Kier molecular flexibility index (Phi) is 7.47. The van der Waals surface area contributed by atoms with E-state index in [0.717, 1.165) is 31.4 Å². The van der Waals surface area contributed by atoms with Gasteiger partial charge in [-0.15, -0.1) is 0 Å². The second kappa shape index (κ2) is 9.70. The largest absolute Gasteiger partial charge is 0.381 e. The summed E-state index contributed by atoms with van der Waals surface area (Å²) in [5.74, 6) is -1.69. The molecule has 1 aromatic rings. The van der Waals surface area contributed by atoms with Crippen molar-refractivity contribution in [1.29, 1.82) is 0 Å². The summed E-state index contributed by atoms with van der Waals surface area (Å²) < 4.78 is 58.6. The third-order valence-electron chi connectivity index (χ3n) is 6.40. The van der Waals surface area contributed by atoms with Crippen LogP contribution in [-0.4, -0.2) is 57.2 Å². The maximum Gasteiger partial charge on any atom is 0.254 e. The molecule has 0 bridgehead atoms. The number of ether oxygens (including phenoxy) is 1. The zero-order valence-electron chi connectivity index (χ0n) is 17.3. The first-order chi connectivity index (χ1) is 14.2. The van der Waals surface area contributed by atoms with Gasteiger partial charge in [-0.05, 0) is 62.5 Å². The number of halogens is 2. The summed E-state index contributed by atoms with van der Waals surface area (Å²) in [6, 6.07) is 2.90. The fourth-order valence-corrected chi connectivity index (χ4v) is 5.58. The molecule has 2 heterocycles. The van der Waals surface area contributed by atoms with Crippen LogP contribution in [0.5, 0.6) is 0 Å². The van der Waals surface area contributed by atoms with Crippen LogP contribution >= 0.6 is 0 Å². The molecule has 1 aromatic carbocycles. The van der Waals surface area contributed by atoms with Crippen molar-refractivity contribution in [2.24, 2.45) is 11.3 Å². The first-order valence-corrected chi connectivity index (χ1v) is 12.1. The molecule has 2 saturated heterocycles. The number of piperidine rings is 1. The highest BCUT2D eigenvalue weighted by molar-refractivity contribution is 7.89. The summed E-state index contributed by atoms with van der Waals surface area (Å²) in [4.78, 5) is 12.5. The molecular weight excluding hydrogens is 414 g/mol. The molecule has 0 spiro atoms. The zero-order valence-corrected chi connectivity index (χ0v) is 18.1. The monoisotopic (exact) mass is 444 g/mol. The molecule has 0 aliphatic carbocycles. The van der Waals surface area contributed by atoms with Gasteiger partial charge in [-0.2, -0.15) is 0 Å². The first-order valence-electron chi connectivity index (χ1n) is 10.5. The van der Waals surface area contributed by atoms with Crippen molar-refractivity contribution in [1.82, 2.24) is 9.62 Å². The van der Waals surface area contributed by atoms with E-state index >= 15 is 0 Å². The van der Waals surface area contributed by atoms with Gasteiger partial charge in [-0.3, -0.25) is 4.79 Å². The molecule has 9 heteroatoms. The summed E-state index contributed by atoms with van der Waals surface area (Å²) in [7, 11) is -3.25. The Morgan fingerprint density at radius 2 is 1.90 bits per heavy atom. The molecule has 2 aliphatic heterocycles. The fraction of sp³-hybridized carbons (Fsp3) is 0.667. The minimum atomic E-state index is -3.25. The Morgan fingerprint density at radius 3 is 2.50 bits per heavy atom. The van der Waals surface area contributed by atoms with E-state index in [-0.39, 0.29) is 16.7 Å². The molecular formula is C21H30F2N2O4S. The number of sulfonamides is 1. The maximum absolute atomic E-state index is 14.0. The summed E-state index contributed by atoms with van der Waals surface area (Å²) in [5.41, 5.74) is -0.447. The van der Waals surface area contributed by atoms with Gasteiger partial charge in [0, 0.05) is 38.9 Å². The number of benzene rings is 1. The second-order valence-corrected chi connectivity index (χ2v) is 10.6. The highest BCUT2D eigenvalue weighted by atomic mass is 32.2. The van der Waals surface area contributed by atoms with Crippen LogP contribution < -0.4 is 5.32 Å². The lowest BCUT2D eigenvalue weighted by Crippen LogP contribution is -2.49. The van der Waals surface area contributed by atoms with Crippen molar-refractivity contribution < 1.29 is 26.7 Å². The van der Waals surface area contributed by atoms with Crippen LogP contribution in [0.15, 0.2) is 18.2 Å². The Bertz CT molecular complexity index is 849. The van der Waals surface area contributed by atoms with E-state index in [1.165, 1.54) is 4.31 Å². The number of amides is 1. The quantitative estimate of drug-likeness (QED) is 0.702. The van der Waals surface area contributed by atoms with E-state index in [0.29, 0.717) is 57.7 Å². The Morgan fingerprint density at radius 1 is 1.23 bits per heavy atom. The van der Waals surface area contributed by atoms with Gasteiger partial charge in [0.05, 0.1) is 11.3 Å². The van der Waals surface area contributed by atoms with Crippen LogP contribution in [0.1, 0.15) is 49.4 Å². The Labute approximate surface area is 177 Å². The highest BCUT2D eigenvalue weighted by Crippen LogP contribution is 2.40. The minimum Gasteiger partial charge on any atom is -0.381 e. The third-order valence-corrected chi connectivity index (χ3v) is 8.29. The van der Waals surface area contributed by atoms with Crippen molar-refractivity contribution in [3.63, 3.8) is 0 Å². The molecule has 3 rings (SSSR count). The Balaban J connectivity index is 1.70. The molecule has 0 unspecified atom stereocenters. The molecule has 0 aromatic heterocycles. The van der Waals surface area contributed by atoms with Gasteiger partial charge in [0.1, 0.15) is 11.6 Å². The van der Waals surface area contributed by atoms with Gasteiger partial charge in [0.25, 0.3) is 5.91 Å². The van der Waals surface area contributed by atoms with Crippen LogP contribution in [-0.2, 0) is 14.8 Å². The number of nitrogens with zero attached hydrogens (tertiary/aromatic N) is 1. The van der Waals surface area contributed by atoms with Crippen LogP contribution in [0.4, 0.5) is 8.78 Å². The van der Waals surface area contributed by atoms with Crippen molar-refractivity contribution in [3.8, 4) is 0 Å². The van der Waals surface area contributed by atoms with Gasteiger partial charge in [0.15, 0.2) is 0 Å². The van der Waals surface area contributed by atoms with Crippen molar-refractivity contribution >= 4 is 15.9 Å². The molecule has 0 atom stereocenters. The third kappa shape index (κ3) is 5.56. The number of nitrogens with one attached hydrogen (secondary N) is 1. The van der Waals surface area contributed by atoms with Gasteiger partial charge in [-0.1, -0.05) is 0 Å². The lowest BCUT2D eigenvalue weighted by atomic mass is 9.71. The predicted octanol–water partition coefficient (Wildman–Crippen LogP) is 2.94. The topological polar surface area (TPSA) is 75.7 Å². The first kappa shape index (κ1) is 23.1. The van der Waals surface area contributed by atoms with E-state index < -0.39 is 27.6 Å². The fourth-order valence-electron chi connectivity index (χ4n) is 4.47. The normalized spacial score (nSPS) is 20.8. The molecule has 1 amide bonds. The van der Waals surface area contributed by atoms with E-state index in [2.05, 4.69) is 5.32 Å². The van der Waals surface area contributed by atoms with Crippen molar-refractivity contribution in [2.45, 2.75) is 39.0 Å². The van der Waals surface area contributed by atoms with Crippen LogP contribution in [0.3, 0.4) is 0 Å². The standard InChI is InChI=1S/C21H30F2N2O4S/c1-2-30(27,28)25-9-7-21(8-10-25,14-16-5-11-29-12-6-16)15-24-20(26)18-4-3-17(22)13-19(18)23/h3-4,13,16H,2,5-12,14-15H2,1H3,(H,24,26). The number of rotatable bonds is 7. The molecule has 6 nitrogen and oxygen atoms in total. The summed E-state index contributed by atoms with van der Waals surface area (Å²) in [5, 5.41) is 2.83. The SMILES string of the molecule is CCS(=O)(=O)N1CCC(CNC(=O)c2ccc(F)cc2F)(CC2CCOCC2)CC1. The maximum atomic E-state index is 14.0. The summed E-state index contributed by atoms with van der Waals surface area (Å²) in [6.45, 7) is 4.23. The number of carbonyl (C=O) groups is 1. The molecule has 1 N–H and O–H groups in total. The number of hydrogen-bond donors (Lipinski definition) is 1. The van der Waals surface area contributed by atoms with E-state index in [4.69, 9.17) is 4.74 Å². The van der Waals surface area contributed by atoms with Gasteiger partial charge in [-0.25, -0.2) is 21.5 Å². The van der Waals surface area contributed by atoms with Crippen molar-refractivity contribution in [2.75, 3.05) is 38.6 Å². The second-order valence-electron chi connectivity index (χ2n) is 8.37. The number of hydrogen-bond acceptors (Lipinski definition) is 4. The molecule has 0 radical (unpaired) electrons. The smallest absolute Gasteiger partial charge is 0.254 e. The number of carbonyl (C=O) groups excluding carboxylic acids is 1. The van der Waals surface area contributed by atoms with Gasteiger partial charge in [0.2, 0.25) is 10.0 Å². The zero-order chi connectivity index (χ0) is 21.8. The highest BCUT2D eigenvalue weighted by Gasteiger charge is 2.39. The average molecular weight is 445 g/mol. The van der Waals surface area contributed by atoms with Crippen LogP contribution in [0.25, 0.3) is 0 Å². The summed E-state index contributed by atoms with van der Waals surface area (Å²) in [6.07, 6.45) is 4.02.